The lowest BCUT2D eigenvalue weighted by Gasteiger charge is -2.07. The van der Waals surface area contributed by atoms with Gasteiger partial charge in [-0.1, -0.05) is 25.0 Å². The van der Waals surface area contributed by atoms with Crippen LogP contribution in [0.15, 0.2) is 0 Å². The second-order valence-electron chi connectivity index (χ2n) is 2.33. The van der Waals surface area contributed by atoms with Crippen molar-refractivity contribution in [3.05, 3.63) is 0 Å². The maximum absolute atomic E-state index is 5.30. The van der Waals surface area contributed by atoms with Gasteiger partial charge in [0.15, 0.2) is 0 Å². The molecule has 0 aromatic rings. The van der Waals surface area contributed by atoms with Crippen molar-refractivity contribution in [3.8, 4) is 0 Å². The molecule has 0 spiro atoms. The SMILES string of the molecule is [B]CCCCCNC([B])[B]. The van der Waals surface area contributed by atoms with Crippen LogP contribution in [0.1, 0.15) is 19.3 Å². The van der Waals surface area contributed by atoms with Crippen LogP contribution in [0.3, 0.4) is 0 Å². The van der Waals surface area contributed by atoms with Gasteiger partial charge in [0.1, 0.15) is 0 Å². The van der Waals surface area contributed by atoms with Crippen molar-refractivity contribution in [1.29, 1.82) is 0 Å². The van der Waals surface area contributed by atoms with Gasteiger partial charge in [0, 0.05) is 0 Å². The summed E-state index contributed by atoms with van der Waals surface area (Å²) in [4.78, 5) is 0. The van der Waals surface area contributed by atoms with Crippen molar-refractivity contribution < 1.29 is 0 Å². The molecule has 0 bridgehead atoms. The molecule has 0 saturated carbocycles. The summed E-state index contributed by atoms with van der Waals surface area (Å²) in [6.07, 6.45) is 4.11. The van der Waals surface area contributed by atoms with Crippen molar-refractivity contribution in [2.45, 2.75) is 31.4 Å². The standard InChI is InChI=1S/C6H12B3N/c7-4-2-1-3-5-10-6(8)9/h6,10H,1-5H2. The summed E-state index contributed by atoms with van der Waals surface area (Å²) in [6, 6.07) is 0. The molecular formula is C6H12B3N. The highest BCUT2D eigenvalue weighted by atomic mass is 14.8. The lowest BCUT2D eigenvalue weighted by molar-refractivity contribution is 0.643. The Morgan fingerprint density at radius 1 is 1.10 bits per heavy atom. The fourth-order valence-electron chi connectivity index (χ4n) is 0.715. The first-order valence-electron chi connectivity index (χ1n) is 3.72. The summed E-state index contributed by atoms with van der Waals surface area (Å²) in [5.41, 5.74) is 0. The highest BCUT2D eigenvalue weighted by Crippen LogP contribution is 1.95. The molecule has 50 valence electrons. The molecule has 1 N–H and O–H groups in total. The molecule has 10 heavy (non-hydrogen) atoms. The monoisotopic (exact) mass is 131 g/mol. The van der Waals surface area contributed by atoms with Gasteiger partial charge in [-0.25, -0.2) is 0 Å². The van der Waals surface area contributed by atoms with Crippen molar-refractivity contribution in [1.82, 2.24) is 5.32 Å². The zero-order valence-corrected chi connectivity index (χ0v) is 6.34. The normalized spacial score (nSPS) is 10.5. The Balaban J connectivity index is 2.77. The third-order valence-corrected chi connectivity index (χ3v) is 1.26. The number of rotatable bonds is 6. The molecule has 0 aliphatic carbocycles. The third kappa shape index (κ3) is 8.15. The molecule has 0 rings (SSSR count). The van der Waals surface area contributed by atoms with Gasteiger partial charge >= 0.3 is 0 Å². The summed E-state index contributed by atoms with van der Waals surface area (Å²) in [7, 11) is 15.8. The molecule has 4 heteroatoms. The minimum absolute atomic E-state index is 0.377. The van der Waals surface area contributed by atoms with E-state index >= 15 is 0 Å². The molecule has 0 fully saturated rings. The minimum Gasteiger partial charge on any atom is -0.331 e. The first-order valence-corrected chi connectivity index (χ1v) is 3.72. The van der Waals surface area contributed by atoms with Crippen LogP contribution in [-0.4, -0.2) is 35.9 Å². The van der Waals surface area contributed by atoms with E-state index in [4.69, 9.17) is 23.5 Å². The molecule has 0 aromatic carbocycles. The lowest BCUT2D eigenvalue weighted by atomic mass is 9.79. The number of unbranched alkanes of at least 4 members (excludes halogenated alkanes) is 2. The molecule has 0 atom stereocenters. The van der Waals surface area contributed by atoms with E-state index in [2.05, 4.69) is 5.32 Å². The van der Waals surface area contributed by atoms with Crippen LogP contribution in [-0.2, 0) is 0 Å². The first kappa shape index (κ1) is 10.2. The largest absolute Gasteiger partial charge is 0.331 e. The van der Waals surface area contributed by atoms with Gasteiger partial charge in [0.05, 0.1) is 23.5 Å². The Morgan fingerprint density at radius 2 is 1.80 bits per heavy atom. The van der Waals surface area contributed by atoms with Crippen molar-refractivity contribution in [2.75, 3.05) is 6.54 Å². The zero-order chi connectivity index (χ0) is 7.82. The smallest absolute Gasteiger partial charge is 0.0774 e. The average molecular weight is 131 g/mol. The maximum Gasteiger partial charge on any atom is 0.0774 e. The van der Waals surface area contributed by atoms with Crippen LogP contribution in [0.4, 0.5) is 0 Å². The second-order valence-corrected chi connectivity index (χ2v) is 2.33. The highest BCUT2D eigenvalue weighted by molar-refractivity contribution is 6.35. The molecule has 0 amide bonds. The number of nitrogens with one attached hydrogen (secondary N) is 1. The first-order chi connectivity index (χ1) is 4.77. The van der Waals surface area contributed by atoms with Gasteiger partial charge in [0.25, 0.3) is 0 Å². The predicted molar refractivity (Wildman–Crippen MR) is 47.7 cm³/mol. The van der Waals surface area contributed by atoms with Gasteiger partial charge in [-0.15, -0.1) is 0 Å². The molecule has 1 nitrogen and oxygen atoms in total. The van der Waals surface area contributed by atoms with Crippen LogP contribution >= 0.6 is 0 Å². The predicted octanol–water partition coefficient (Wildman–Crippen LogP) is -0.0463. The van der Waals surface area contributed by atoms with E-state index in [0.29, 0.717) is 0 Å². The van der Waals surface area contributed by atoms with Crippen molar-refractivity contribution >= 4 is 23.5 Å². The summed E-state index contributed by atoms with van der Waals surface area (Å²) >= 11 is 0. The highest BCUT2D eigenvalue weighted by Gasteiger charge is 1.90. The molecule has 0 saturated heterocycles. The Morgan fingerprint density at radius 3 is 2.30 bits per heavy atom. The quantitative estimate of drug-likeness (QED) is 0.393. The van der Waals surface area contributed by atoms with Gasteiger partial charge < -0.3 is 5.32 Å². The minimum atomic E-state index is -0.377. The molecule has 0 aromatic heterocycles. The molecule has 6 radical (unpaired) electrons. The van der Waals surface area contributed by atoms with Crippen LogP contribution in [0.2, 0.25) is 6.32 Å². The van der Waals surface area contributed by atoms with E-state index in [1.807, 2.05) is 0 Å². The van der Waals surface area contributed by atoms with Crippen LogP contribution in [0, 0.1) is 0 Å². The van der Waals surface area contributed by atoms with Gasteiger partial charge in [-0.05, 0) is 13.0 Å². The number of hydrogen-bond donors (Lipinski definition) is 1. The van der Waals surface area contributed by atoms with Crippen molar-refractivity contribution in [3.63, 3.8) is 0 Å². The van der Waals surface area contributed by atoms with Crippen molar-refractivity contribution in [2.24, 2.45) is 0 Å². The van der Waals surface area contributed by atoms with Crippen LogP contribution in [0.25, 0.3) is 0 Å². The van der Waals surface area contributed by atoms with Gasteiger partial charge in [0.2, 0.25) is 0 Å². The summed E-state index contributed by atoms with van der Waals surface area (Å²) in [5.74, 6) is -0.377. The summed E-state index contributed by atoms with van der Waals surface area (Å²) in [5, 5.41) is 2.92. The fourth-order valence-corrected chi connectivity index (χ4v) is 0.715. The lowest BCUT2D eigenvalue weighted by Crippen LogP contribution is -2.30. The molecular weight excluding hydrogens is 119 g/mol. The van der Waals surface area contributed by atoms with E-state index < -0.39 is 0 Å². The molecule has 0 aliphatic rings. The number of hydrogen-bond acceptors (Lipinski definition) is 1. The summed E-state index contributed by atoms with van der Waals surface area (Å²) in [6.45, 7) is 0.887. The van der Waals surface area contributed by atoms with E-state index in [1.54, 1.807) is 0 Å². The molecule has 0 aliphatic heterocycles. The Bertz CT molecular complexity index is 68.0. The van der Waals surface area contributed by atoms with Gasteiger partial charge in [-0.2, -0.15) is 0 Å². The third-order valence-electron chi connectivity index (χ3n) is 1.26. The van der Waals surface area contributed by atoms with E-state index in [9.17, 15) is 0 Å². The molecule has 0 unspecified atom stereocenters. The van der Waals surface area contributed by atoms with E-state index in [0.717, 1.165) is 32.1 Å². The Hall–Kier alpha value is 0.155. The summed E-state index contributed by atoms with van der Waals surface area (Å²) < 4.78 is 0. The van der Waals surface area contributed by atoms with Crippen LogP contribution < -0.4 is 5.32 Å². The zero-order valence-electron chi connectivity index (χ0n) is 6.34. The van der Waals surface area contributed by atoms with E-state index in [1.165, 1.54) is 0 Å². The van der Waals surface area contributed by atoms with Crippen LogP contribution in [0.5, 0.6) is 0 Å². The molecule has 0 heterocycles. The fraction of sp³-hybridized carbons (Fsp3) is 1.00. The van der Waals surface area contributed by atoms with E-state index in [-0.39, 0.29) is 5.84 Å². The second kappa shape index (κ2) is 7.26. The topological polar surface area (TPSA) is 12.0 Å². The Labute approximate surface area is 67.6 Å². The Kier molecular flexibility index (Phi) is 7.38. The maximum atomic E-state index is 5.30. The van der Waals surface area contributed by atoms with Gasteiger partial charge in [-0.3, -0.25) is 0 Å². The average Bonchev–Trinajstić information content (AvgIpc) is 1.87.